The number of rotatable bonds is 3. The number of nitrogens with one attached hydrogen (secondary N) is 1. The molecule has 37 heavy (non-hydrogen) atoms. The van der Waals surface area contributed by atoms with E-state index in [2.05, 4.69) is 33.2 Å². The van der Waals surface area contributed by atoms with E-state index in [0.717, 1.165) is 50.2 Å². The molecule has 0 atom stereocenters. The number of hydrogen-bond acceptors (Lipinski definition) is 4. The Labute approximate surface area is 213 Å². The molecule has 1 aliphatic heterocycles. The number of halogens is 2. The summed E-state index contributed by atoms with van der Waals surface area (Å²) in [6.45, 7) is 5.38. The fourth-order valence-corrected chi connectivity index (χ4v) is 5.72. The van der Waals surface area contributed by atoms with Crippen molar-refractivity contribution in [2.24, 2.45) is 7.05 Å². The van der Waals surface area contributed by atoms with Gasteiger partial charge >= 0.3 is 6.03 Å². The average Bonchev–Trinajstić information content (AvgIpc) is 3.40. The molecule has 2 amide bonds. The van der Waals surface area contributed by atoms with E-state index in [-0.39, 0.29) is 24.8 Å². The van der Waals surface area contributed by atoms with Gasteiger partial charge in [0.25, 0.3) is 0 Å². The molecule has 8 nitrogen and oxygen atoms in total. The molecular weight excluding hydrogens is 476 g/mol. The summed E-state index contributed by atoms with van der Waals surface area (Å²) in [7, 11) is 3.50. The van der Waals surface area contributed by atoms with Crippen LogP contribution in [-0.2, 0) is 20.1 Å². The highest BCUT2D eigenvalue weighted by molar-refractivity contribution is 5.99. The molecule has 0 saturated heterocycles. The SMILES string of the molecule is CNC(=O)N1CCn2c(C3CC(F)(F)C3)nc(-c3c(C)ccc4cc(-c5cn(C)nc5C)ncc34)c2C1. The molecule has 1 N–H and O–H groups in total. The maximum absolute atomic E-state index is 13.8. The molecular formula is C27H29F2N7O. The number of hydrogen-bond donors (Lipinski definition) is 1. The second-order valence-corrected chi connectivity index (χ2v) is 10.2. The first-order chi connectivity index (χ1) is 17.6. The van der Waals surface area contributed by atoms with Crippen molar-refractivity contribution in [1.82, 2.24) is 34.5 Å². The van der Waals surface area contributed by atoms with Crippen LogP contribution in [0.1, 0.15) is 41.5 Å². The fraction of sp³-hybridized carbons (Fsp3) is 0.407. The van der Waals surface area contributed by atoms with Gasteiger partial charge in [-0.3, -0.25) is 9.67 Å². The van der Waals surface area contributed by atoms with E-state index in [1.165, 1.54) is 0 Å². The van der Waals surface area contributed by atoms with Crippen molar-refractivity contribution in [3.8, 4) is 22.5 Å². The summed E-state index contributed by atoms with van der Waals surface area (Å²) >= 11 is 0. The third-order valence-electron chi connectivity index (χ3n) is 7.63. The van der Waals surface area contributed by atoms with Crippen LogP contribution in [0.4, 0.5) is 13.6 Å². The number of pyridine rings is 1. The minimum atomic E-state index is -2.64. The highest BCUT2D eigenvalue weighted by atomic mass is 19.3. The second kappa shape index (κ2) is 8.36. The third kappa shape index (κ3) is 3.86. The van der Waals surface area contributed by atoms with Crippen molar-refractivity contribution in [2.75, 3.05) is 13.6 Å². The number of amides is 2. The minimum absolute atomic E-state index is 0.164. The molecule has 0 radical (unpaired) electrons. The van der Waals surface area contributed by atoms with E-state index in [0.29, 0.717) is 25.5 Å². The normalized spacial score (nSPS) is 17.1. The summed E-state index contributed by atoms with van der Waals surface area (Å²) in [5, 5.41) is 9.08. The molecule has 0 unspecified atom stereocenters. The maximum Gasteiger partial charge on any atom is 0.317 e. The first-order valence-corrected chi connectivity index (χ1v) is 12.5. The number of alkyl halides is 2. The van der Waals surface area contributed by atoms with Gasteiger partial charge in [0.1, 0.15) is 5.82 Å². The van der Waals surface area contributed by atoms with Crippen LogP contribution in [0.5, 0.6) is 0 Å². The zero-order valence-electron chi connectivity index (χ0n) is 21.3. The summed E-state index contributed by atoms with van der Waals surface area (Å²) in [6, 6.07) is 6.01. The zero-order chi connectivity index (χ0) is 26.1. The molecule has 4 aromatic rings. The van der Waals surface area contributed by atoms with Gasteiger partial charge in [0.15, 0.2) is 0 Å². The smallest absolute Gasteiger partial charge is 0.317 e. The van der Waals surface area contributed by atoms with Crippen molar-refractivity contribution < 1.29 is 13.6 Å². The Balaban J connectivity index is 1.51. The fourth-order valence-electron chi connectivity index (χ4n) is 5.72. The first kappa shape index (κ1) is 23.6. The lowest BCUT2D eigenvalue weighted by atomic mass is 9.80. The molecule has 6 rings (SSSR count). The van der Waals surface area contributed by atoms with E-state index in [9.17, 15) is 13.6 Å². The van der Waals surface area contributed by atoms with Crippen molar-refractivity contribution in [2.45, 2.75) is 51.6 Å². The second-order valence-electron chi connectivity index (χ2n) is 10.2. The monoisotopic (exact) mass is 505 g/mol. The number of imidazole rings is 1. The van der Waals surface area contributed by atoms with Gasteiger partial charge in [-0.05, 0) is 30.9 Å². The van der Waals surface area contributed by atoms with E-state index < -0.39 is 5.92 Å². The predicted molar refractivity (Wildman–Crippen MR) is 136 cm³/mol. The van der Waals surface area contributed by atoms with E-state index in [1.54, 1.807) is 16.6 Å². The Bertz CT molecular complexity index is 1550. The molecule has 0 spiro atoms. The number of aryl methyl sites for hydroxylation is 3. The van der Waals surface area contributed by atoms with Crippen LogP contribution in [0.3, 0.4) is 0 Å². The topological polar surface area (TPSA) is 80.9 Å². The number of urea groups is 1. The summed E-state index contributed by atoms with van der Waals surface area (Å²) in [5.41, 5.74) is 6.28. The van der Waals surface area contributed by atoms with Crippen molar-refractivity contribution in [1.29, 1.82) is 0 Å². The number of carbonyl (C=O) groups excluding carboxylic acids is 1. The van der Waals surface area contributed by atoms with Gasteiger partial charge < -0.3 is 14.8 Å². The molecule has 1 fully saturated rings. The van der Waals surface area contributed by atoms with E-state index >= 15 is 0 Å². The Morgan fingerprint density at radius 1 is 1.19 bits per heavy atom. The Kier molecular flexibility index (Phi) is 5.32. The Hall–Kier alpha value is -3.82. The minimum Gasteiger partial charge on any atom is -0.341 e. The van der Waals surface area contributed by atoms with Gasteiger partial charge in [-0.1, -0.05) is 12.1 Å². The number of benzene rings is 1. The van der Waals surface area contributed by atoms with Crippen LogP contribution in [0.15, 0.2) is 30.6 Å². The lowest BCUT2D eigenvalue weighted by molar-refractivity contribution is -0.0892. The third-order valence-corrected chi connectivity index (χ3v) is 7.63. The zero-order valence-corrected chi connectivity index (χ0v) is 21.3. The molecule has 1 aliphatic carbocycles. The van der Waals surface area contributed by atoms with Gasteiger partial charge in [0, 0.05) is 74.9 Å². The quantitative estimate of drug-likeness (QED) is 0.434. The highest BCUT2D eigenvalue weighted by Gasteiger charge is 2.48. The maximum atomic E-state index is 13.8. The van der Waals surface area contributed by atoms with Crippen LogP contribution >= 0.6 is 0 Å². The van der Waals surface area contributed by atoms with Gasteiger partial charge in [-0.15, -0.1) is 0 Å². The van der Waals surface area contributed by atoms with Crippen molar-refractivity contribution >= 4 is 16.8 Å². The van der Waals surface area contributed by atoms with Gasteiger partial charge in [0.2, 0.25) is 5.92 Å². The van der Waals surface area contributed by atoms with E-state index in [4.69, 9.17) is 9.97 Å². The Morgan fingerprint density at radius 3 is 2.65 bits per heavy atom. The van der Waals surface area contributed by atoms with Gasteiger partial charge in [-0.2, -0.15) is 5.10 Å². The summed E-state index contributed by atoms with van der Waals surface area (Å²) in [4.78, 5) is 24.0. The average molecular weight is 506 g/mol. The van der Waals surface area contributed by atoms with Crippen LogP contribution in [0, 0.1) is 13.8 Å². The highest BCUT2D eigenvalue weighted by Crippen LogP contribution is 2.49. The summed E-state index contributed by atoms with van der Waals surface area (Å²) in [5.74, 6) is -2.23. The van der Waals surface area contributed by atoms with Gasteiger partial charge in [-0.25, -0.2) is 18.6 Å². The molecule has 2 aliphatic rings. The molecule has 1 saturated carbocycles. The molecule has 192 valence electrons. The van der Waals surface area contributed by atoms with Crippen LogP contribution < -0.4 is 5.32 Å². The number of nitrogens with zero attached hydrogens (tertiary/aromatic N) is 6. The number of aromatic nitrogens is 5. The standard InChI is InChI=1S/C27H29F2N7O/c1-15-5-6-17-9-21(20-13-34(4)33-16(20)2)31-12-19(17)23(15)24-22-14-35(26(37)30-3)7-8-36(22)25(32-24)18-10-27(28,29)11-18/h5-6,9,12-13,18H,7-8,10-11,14H2,1-4H3,(H,30,37). The largest absolute Gasteiger partial charge is 0.341 e. The van der Waals surface area contributed by atoms with Crippen LogP contribution in [-0.4, -0.2) is 54.8 Å². The molecule has 3 aromatic heterocycles. The molecule has 1 aromatic carbocycles. The number of carbonyl (C=O) groups is 1. The van der Waals surface area contributed by atoms with Crippen molar-refractivity contribution in [3.63, 3.8) is 0 Å². The first-order valence-electron chi connectivity index (χ1n) is 12.5. The molecule has 4 heterocycles. The predicted octanol–water partition coefficient (Wildman–Crippen LogP) is 4.78. The van der Waals surface area contributed by atoms with E-state index in [1.807, 2.05) is 33.3 Å². The molecule has 10 heteroatoms. The Morgan fingerprint density at radius 2 is 1.97 bits per heavy atom. The van der Waals surface area contributed by atoms with Gasteiger partial charge in [0.05, 0.1) is 29.3 Å². The number of fused-ring (bicyclic) bond motifs is 2. The van der Waals surface area contributed by atoms with Crippen molar-refractivity contribution in [3.05, 3.63) is 53.4 Å². The lowest BCUT2D eigenvalue weighted by Gasteiger charge is -2.36. The van der Waals surface area contributed by atoms with Crippen LogP contribution in [0.2, 0.25) is 0 Å². The van der Waals surface area contributed by atoms with Crippen LogP contribution in [0.25, 0.3) is 33.3 Å². The summed E-state index contributed by atoms with van der Waals surface area (Å²) < 4.78 is 31.5. The summed E-state index contributed by atoms with van der Waals surface area (Å²) in [6.07, 6.45) is 3.44. The lowest BCUT2D eigenvalue weighted by Crippen LogP contribution is -2.43. The molecule has 0 bridgehead atoms.